The summed E-state index contributed by atoms with van der Waals surface area (Å²) in [6, 6.07) is 16.7. The van der Waals surface area contributed by atoms with Crippen LogP contribution in [0, 0.1) is 0 Å². The summed E-state index contributed by atoms with van der Waals surface area (Å²) in [5.74, 6) is 1.06. The van der Waals surface area contributed by atoms with Crippen molar-refractivity contribution < 1.29 is 14.1 Å². The second kappa shape index (κ2) is 8.70. The number of methoxy groups -OCH3 is 1. The summed E-state index contributed by atoms with van der Waals surface area (Å²) in [7, 11) is 3.37. The van der Waals surface area contributed by atoms with E-state index in [9.17, 15) is 4.79 Å². The van der Waals surface area contributed by atoms with Crippen LogP contribution in [-0.4, -0.2) is 36.7 Å². The van der Waals surface area contributed by atoms with Crippen molar-refractivity contribution in [1.82, 2.24) is 10.1 Å². The van der Waals surface area contributed by atoms with Crippen LogP contribution in [-0.2, 0) is 11.3 Å². The van der Waals surface area contributed by atoms with E-state index in [4.69, 9.17) is 20.9 Å². The third-order valence-electron chi connectivity index (χ3n) is 3.90. The van der Waals surface area contributed by atoms with Gasteiger partial charge in [0.05, 0.1) is 25.9 Å². The predicted molar refractivity (Wildman–Crippen MR) is 105 cm³/mol. The van der Waals surface area contributed by atoms with Crippen LogP contribution in [0.2, 0.25) is 5.02 Å². The van der Waals surface area contributed by atoms with Gasteiger partial charge in [-0.2, -0.15) is 0 Å². The van der Waals surface area contributed by atoms with Crippen LogP contribution in [0.4, 0.5) is 5.69 Å². The topological polar surface area (TPSA) is 67.6 Å². The van der Waals surface area contributed by atoms with E-state index in [-0.39, 0.29) is 12.5 Å². The molecule has 0 saturated heterocycles. The molecular weight excluding hydrogens is 366 g/mol. The Bertz CT molecular complexity index is 912. The monoisotopic (exact) mass is 385 g/mol. The number of carbonyl (C=O) groups is 1. The third-order valence-corrected chi connectivity index (χ3v) is 4.14. The lowest BCUT2D eigenvalue weighted by Crippen LogP contribution is -2.29. The minimum atomic E-state index is -0.180. The predicted octanol–water partition coefficient (Wildman–Crippen LogP) is 4.07. The van der Waals surface area contributed by atoms with Gasteiger partial charge in [-0.25, -0.2) is 0 Å². The Morgan fingerprint density at radius 1 is 1.22 bits per heavy atom. The molecule has 6 nitrogen and oxygen atoms in total. The highest BCUT2D eigenvalue weighted by molar-refractivity contribution is 6.31. The Hall–Kier alpha value is -2.83. The average molecular weight is 386 g/mol. The lowest BCUT2D eigenvalue weighted by molar-refractivity contribution is -0.117. The standard InChI is InChI=1S/C20H20ClN3O3/c1-24(12-16-11-17(23-27-16)14-6-4-3-5-7-14)13-20(25)22-18-10-15(21)8-9-19(18)26-2/h3-11H,12-13H2,1-2H3,(H,22,25). The lowest BCUT2D eigenvalue weighted by atomic mass is 10.1. The van der Waals surface area contributed by atoms with Crippen LogP contribution in [0.5, 0.6) is 5.75 Å². The fraction of sp³-hybridized carbons (Fsp3) is 0.200. The van der Waals surface area contributed by atoms with E-state index in [1.165, 1.54) is 0 Å². The van der Waals surface area contributed by atoms with Gasteiger partial charge in [-0.05, 0) is 25.2 Å². The molecule has 7 heteroatoms. The Balaban J connectivity index is 1.58. The van der Waals surface area contributed by atoms with Gasteiger partial charge in [-0.1, -0.05) is 47.1 Å². The molecule has 1 N–H and O–H groups in total. The maximum Gasteiger partial charge on any atom is 0.238 e. The molecule has 0 saturated carbocycles. The molecule has 140 valence electrons. The zero-order chi connectivity index (χ0) is 19.2. The first-order valence-corrected chi connectivity index (χ1v) is 8.76. The number of ether oxygens (including phenoxy) is 1. The van der Waals surface area contributed by atoms with Crippen molar-refractivity contribution >= 4 is 23.2 Å². The number of hydrogen-bond donors (Lipinski definition) is 1. The molecule has 1 amide bonds. The largest absolute Gasteiger partial charge is 0.495 e. The van der Waals surface area contributed by atoms with Gasteiger partial charge in [0, 0.05) is 16.7 Å². The van der Waals surface area contributed by atoms with E-state index >= 15 is 0 Å². The first-order valence-electron chi connectivity index (χ1n) is 8.38. The number of amides is 1. The van der Waals surface area contributed by atoms with Crippen LogP contribution < -0.4 is 10.1 Å². The summed E-state index contributed by atoms with van der Waals surface area (Å²) in [6.45, 7) is 0.636. The van der Waals surface area contributed by atoms with Crippen molar-refractivity contribution in [2.75, 3.05) is 26.0 Å². The first kappa shape index (κ1) is 18.9. The molecule has 3 rings (SSSR count). The number of halogens is 1. The van der Waals surface area contributed by atoms with E-state index < -0.39 is 0 Å². The zero-order valence-corrected chi connectivity index (χ0v) is 15.9. The Morgan fingerprint density at radius 3 is 2.74 bits per heavy atom. The molecule has 0 spiro atoms. The zero-order valence-electron chi connectivity index (χ0n) is 15.1. The average Bonchev–Trinajstić information content (AvgIpc) is 3.11. The second-order valence-corrected chi connectivity index (χ2v) is 6.55. The van der Waals surface area contributed by atoms with Crippen LogP contribution in [0.3, 0.4) is 0 Å². The van der Waals surface area contributed by atoms with Crippen molar-refractivity contribution in [3.8, 4) is 17.0 Å². The van der Waals surface area contributed by atoms with E-state index in [0.717, 1.165) is 11.3 Å². The summed E-state index contributed by atoms with van der Waals surface area (Å²) in [5.41, 5.74) is 2.29. The molecule has 1 heterocycles. The molecule has 0 aliphatic heterocycles. The molecule has 27 heavy (non-hydrogen) atoms. The number of likely N-dealkylation sites (N-methyl/N-ethyl adjacent to an activating group) is 1. The molecule has 2 aromatic carbocycles. The highest BCUT2D eigenvalue weighted by Crippen LogP contribution is 2.27. The van der Waals surface area contributed by atoms with Gasteiger partial charge in [0.1, 0.15) is 11.4 Å². The Morgan fingerprint density at radius 2 is 2.00 bits per heavy atom. The number of carbonyl (C=O) groups excluding carboxylic acids is 1. The van der Waals surface area contributed by atoms with Crippen LogP contribution >= 0.6 is 11.6 Å². The maximum atomic E-state index is 12.3. The van der Waals surface area contributed by atoms with Gasteiger partial charge >= 0.3 is 0 Å². The molecule has 0 radical (unpaired) electrons. The molecule has 1 aromatic heterocycles. The van der Waals surface area contributed by atoms with Crippen molar-refractivity contribution in [3.05, 3.63) is 65.4 Å². The fourth-order valence-electron chi connectivity index (χ4n) is 2.67. The Labute approximate surface area is 162 Å². The van der Waals surface area contributed by atoms with Gasteiger partial charge in [-0.15, -0.1) is 0 Å². The molecule has 0 fully saturated rings. The summed E-state index contributed by atoms with van der Waals surface area (Å²) >= 11 is 5.99. The third kappa shape index (κ3) is 5.09. The summed E-state index contributed by atoms with van der Waals surface area (Å²) in [5, 5.41) is 7.42. The molecule has 0 unspecified atom stereocenters. The molecule has 0 aliphatic rings. The SMILES string of the molecule is COc1ccc(Cl)cc1NC(=O)CN(C)Cc1cc(-c2ccccc2)no1. The summed E-state index contributed by atoms with van der Waals surface area (Å²) in [6.07, 6.45) is 0. The normalized spacial score (nSPS) is 10.8. The lowest BCUT2D eigenvalue weighted by Gasteiger charge is -2.15. The van der Waals surface area contributed by atoms with Gasteiger partial charge in [0.25, 0.3) is 0 Å². The van der Waals surface area contributed by atoms with Crippen molar-refractivity contribution in [2.24, 2.45) is 0 Å². The molecule has 0 atom stereocenters. The summed E-state index contributed by atoms with van der Waals surface area (Å²) in [4.78, 5) is 14.2. The van der Waals surface area contributed by atoms with E-state index in [0.29, 0.717) is 28.8 Å². The van der Waals surface area contributed by atoms with Crippen LogP contribution in [0.15, 0.2) is 59.1 Å². The van der Waals surface area contributed by atoms with Gasteiger partial charge in [0.2, 0.25) is 5.91 Å². The minimum absolute atomic E-state index is 0.178. The van der Waals surface area contributed by atoms with Crippen molar-refractivity contribution in [2.45, 2.75) is 6.54 Å². The minimum Gasteiger partial charge on any atom is -0.495 e. The highest BCUT2D eigenvalue weighted by Gasteiger charge is 2.13. The van der Waals surface area contributed by atoms with E-state index in [2.05, 4.69) is 10.5 Å². The maximum absolute atomic E-state index is 12.3. The number of rotatable bonds is 7. The number of nitrogens with one attached hydrogen (secondary N) is 1. The van der Waals surface area contributed by atoms with Crippen LogP contribution in [0.25, 0.3) is 11.3 Å². The molecule has 3 aromatic rings. The number of hydrogen-bond acceptors (Lipinski definition) is 5. The van der Waals surface area contributed by atoms with Crippen LogP contribution in [0.1, 0.15) is 5.76 Å². The smallest absolute Gasteiger partial charge is 0.238 e. The summed E-state index contributed by atoms with van der Waals surface area (Å²) < 4.78 is 10.6. The first-order chi connectivity index (χ1) is 13.0. The van der Waals surface area contributed by atoms with Gasteiger partial charge in [0.15, 0.2) is 5.76 Å². The number of nitrogens with zero attached hydrogens (tertiary/aromatic N) is 2. The van der Waals surface area contributed by atoms with Crippen molar-refractivity contribution in [1.29, 1.82) is 0 Å². The Kier molecular flexibility index (Phi) is 6.11. The molecular formula is C20H20ClN3O3. The fourth-order valence-corrected chi connectivity index (χ4v) is 2.84. The quantitative estimate of drug-likeness (QED) is 0.663. The van der Waals surface area contributed by atoms with Crippen molar-refractivity contribution in [3.63, 3.8) is 0 Å². The number of aromatic nitrogens is 1. The van der Waals surface area contributed by atoms with E-state index in [1.54, 1.807) is 25.3 Å². The number of anilines is 1. The number of benzene rings is 2. The highest BCUT2D eigenvalue weighted by atomic mass is 35.5. The molecule has 0 aliphatic carbocycles. The van der Waals surface area contributed by atoms with E-state index in [1.807, 2.05) is 48.3 Å². The second-order valence-electron chi connectivity index (χ2n) is 6.11. The molecule has 0 bridgehead atoms. The van der Waals surface area contributed by atoms with Gasteiger partial charge in [-0.3, -0.25) is 9.69 Å². The van der Waals surface area contributed by atoms with Gasteiger partial charge < -0.3 is 14.6 Å².